The number of ether oxygens (including phenoxy) is 1. The molecule has 1 aromatic heterocycles. The fourth-order valence-electron chi connectivity index (χ4n) is 5.09. The van der Waals surface area contributed by atoms with Crippen LogP contribution in [-0.2, 0) is 0 Å². The van der Waals surface area contributed by atoms with Gasteiger partial charge in [0.15, 0.2) is 11.0 Å². The van der Waals surface area contributed by atoms with Gasteiger partial charge >= 0.3 is 12.4 Å². The number of amides is 2. The van der Waals surface area contributed by atoms with Crippen LogP contribution in [0.25, 0.3) is 22.9 Å². The lowest BCUT2D eigenvalue weighted by Crippen LogP contribution is -2.42. The zero-order valence-electron chi connectivity index (χ0n) is 24.9. The number of hydrogen-bond donors (Lipinski definition) is 1. The van der Waals surface area contributed by atoms with Crippen molar-refractivity contribution in [1.82, 2.24) is 20.1 Å². The number of rotatable bonds is 6. The van der Waals surface area contributed by atoms with Gasteiger partial charge in [0.05, 0.1) is 5.69 Å². The number of nitrogens with zero attached hydrogens (tertiary/aromatic N) is 5. The van der Waals surface area contributed by atoms with E-state index >= 15 is 0 Å². The molecule has 1 unspecified atom stereocenters. The maximum atomic E-state index is 15.0. The first-order valence-corrected chi connectivity index (χ1v) is 15.0. The molecule has 0 spiro atoms. The number of benzene rings is 3. The van der Waals surface area contributed by atoms with Crippen molar-refractivity contribution in [2.24, 2.45) is 4.99 Å². The zero-order chi connectivity index (χ0) is 32.3. The number of anilines is 1. The molecular weight excluding hydrogens is 608 g/mol. The molecule has 2 heterocycles. The number of urea groups is 1. The van der Waals surface area contributed by atoms with Crippen LogP contribution in [0.5, 0.6) is 5.75 Å². The molecule has 13 heteroatoms. The first-order chi connectivity index (χ1) is 21.4. The van der Waals surface area contributed by atoms with Crippen molar-refractivity contribution < 1.29 is 27.1 Å². The van der Waals surface area contributed by atoms with Gasteiger partial charge in [-0.25, -0.2) is 18.9 Å². The Morgan fingerprint density at radius 1 is 1.07 bits per heavy atom. The number of alkyl halides is 3. The molecule has 5 rings (SSSR count). The van der Waals surface area contributed by atoms with Crippen LogP contribution in [0, 0.1) is 20.8 Å². The van der Waals surface area contributed by atoms with Crippen LogP contribution in [0.4, 0.5) is 28.0 Å². The molecule has 45 heavy (non-hydrogen) atoms. The van der Waals surface area contributed by atoms with E-state index in [9.17, 15) is 22.4 Å². The summed E-state index contributed by atoms with van der Waals surface area (Å²) < 4.78 is 57.5. The van der Waals surface area contributed by atoms with Crippen LogP contribution < -0.4 is 15.0 Å². The molecule has 0 aliphatic carbocycles. The number of aliphatic imine (C=N–C) groups is 1. The summed E-state index contributed by atoms with van der Waals surface area (Å²) >= 11 is 1.49. The largest absolute Gasteiger partial charge is 0.573 e. The summed E-state index contributed by atoms with van der Waals surface area (Å²) in [5.74, 6) is 0.133. The van der Waals surface area contributed by atoms with Gasteiger partial charge in [0.1, 0.15) is 17.9 Å². The molecule has 8 nitrogen and oxygen atoms in total. The Morgan fingerprint density at radius 3 is 2.38 bits per heavy atom. The summed E-state index contributed by atoms with van der Waals surface area (Å²) in [6.07, 6.45) is -1.46. The van der Waals surface area contributed by atoms with Gasteiger partial charge in [0.2, 0.25) is 0 Å². The van der Waals surface area contributed by atoms with E-state index in [4.69, 9.17) is 0 Å². The number of aryl methyl sites for hydroxylation is 3. The van der Waals surface area contributed by atoms with E-state index in [-0.39, 0.29) is 17.4 Å². The number of nitrogens with one attached hydrogen (secondary N) is 1. The molecule has 0 bridgehead atoms. The van der Waals surface area contributed by atoms with E-state index in [1.807, 2.05) is 20.8 Å². The zero-order valence-corrected chi connectivity index (χ0v) is 25.7. The van der Waals surface area contributed by atoms with E-state index in [2.05, 4.69) is 49.1 Å². The van der Waals surface area contributed by atoms with Gasteiger partial charge in [0.25, 0.3) is 0 Å². The molecule has 1 N–H and O–H groups in total. The van der Waals surface area contributed by atoms with Crippen molar-refractivity contribution in [3.05, 3.63) is 95.4 Å². The average Bonchev–Trinajstić information content (AvgIpc) is 3.47. The van der Waals surface area contributed by atoms with Crippen molar-refractivity contribution in [2.45, 2.75) is 46.5 Å². The Balaban J connectivity index is 1.25. The van der Waals surface area contributed by atoms with Gasteiger partial charge < -0.3 is 15.0 Å². The highest BCUT2D eigenvalue weighted by molar-refractivity contribution is 8.14. The standard InChI is InChI=1S/C32H30F4N6O2S/c1-19-15-20(2)28(21(3)16-19)42-22(4)13-14-45-31(42)39-30(43)37-17-27(33)23-5-7-24(8-6-23)29-38-18-41(40-29)25-9-11-26(12-10-25)44-32(34,35)36/h5-12,15-18,22H,13-14H2,1-4H3,(H,37,43)/b27-17-,39-31-. The second kappa shape index (κ2) is 13.1. The third-order valence-electron chi connectivity index (χ3n) is 7.06. The SMILES string of the molecule is Cc1cc(C)c(N2/C(=N/C(=O)N/C=C(\F)c3ccc(-c4ncn(-c5ccc(OC(F)(F)F)cc5)n4)cc3)SCCC2C)c(C)c1. The first-order valence-electron chi connectivity index (χ1n) is 14.0. The van der Waals surface area contributed by atoms with Crippen LogP contribution in [0.3, 0.4) is 0 Å². The summed E-state index contributed by atoms with van der Waals surface area (Å²) in [7, 11) is 0. The highest BCUT2D eigenvalue weighted by Gasteiger charge is 2.31. The molecule has 1 aliphatic heterocycles. The molecule has 1 atom stereocenters. The Labute approximate surface area is 261 Å². The van der Waals surface area contributed by atoms with Crippen LogP contribution in [0.2, 0.25) is 0 Å². The minimum absolute atomic E-state index is 0.142. The van der Waals surface area contributed by atoms with E-state index in [1.54, 1.807) is 12.1 Å². The summed E-state index contributed by atoms with van der Waals surface area (Å²) in [6.45, 7) is 8.24. The molecule has 1 saturated heterocycles. The lowest BCUT2D eigenvalue weighted by Gasteiger charge is -2.37. The molecule has 234 valence electrons. The molecule has 0 radical (unpaired) electrons. The number of thioether (sulfide) groups is 1. The Morgan fingerprint density at radius 2 is 1.73 bits per heavy atom. The number of aromatic nitrogens is 3. The predicted molar refractivity (Wildman–Crippen MR) is 168 cm³/mol. The van der Waals surface area contributed by atoms with Crippen molar-refractivity contribution in [3.63, 3.8) is 0 Å². The Bertz CT molecular complexity index is 1730. The Hall–Kier alpha value is -4.65. The summed E-state index contributed by atoms with van der Waals surface area (Å²) in [5.41, 5.74) is 5.67. The summed E-state index contributed by atoms with van der Waals surface area (Å²) in [4.78, 5) is 23.4. The molecule has 1 aliphatic rings. The summed E-state index contributed by atoms with van der Waals surface area (Å²) in [5, 5.41) is 7.35. The smallest absolute Gasteiger partial charge is 0.406 e. The topological polar surface area (TPSA) is 84.6 Å². The molecule has 4 aromatic rings. The normalized spacial score (nSPS) is 16.6. The number of halogens is 4. The Kier molecular flexibility index (Phi) is 9.28. The van der Waals surface area contributed by atoms with E-state index in [1.165, 1.54) is 59.2 Å². The van der Waals surface area contributed by atoms with Crippen molar-refractivity contribution >= 4 is 34.5 Å². The molecular formula is C32H30F4N6O2S. The minimum Gasteiger partial charge on any atom is -0.406 e. The quantitative estimate of drug-likeness (QED) is 0.215. The van der Waals surface area contributed by atoms with Gasteiger partial charge in [-0.1, -0.05) is 53.7 Å². The maximum absolute atomic E-state index is 15.0. The molecule has 2 amide bonds. The van der Waals surface area contributed by atoms with Gasteiger partial charge in [-0.2, -0.15) is 4.99 Å². The van der Waals surface area contributed by atoms with Crippen LogP contribution >= 0.6 is 11.8 Å². The number of carbonyl (C=O) groups excluding carboxylic acids is 1. The third-order valence-corrected chi connectivity index (χ3v) is 8.04. The summed E-state index contributed by atoms with van der Waals surface area (Å²) in [6, 6.07) is 15.1. The third kappa shape index (κ3) is 7.72. The second-order valence-electron chi connectivity index (χ2n) is 10.6. The van der Waals surface area contributed by atoms with Gasteiger partial charge in [-0.05, 0) is 69.5 Å². The number of carbonyl (C=O) groups is 1. The van der Waals surface area contributed by atoms with Gasteiger partial charge in [-0.3, -0.25) is 0 Å². The monoisotopic (exact) mass is 638 g/mol. The van der Waals surface area contributed by atoms with Gasteiger partial charge in [0, 0.05) is 34.8 Å². The van der Waals surface area contributed by atoms with Crippen molar-refractivity contribution in [1.29, 1.82) is 0 Å². The maximum Gasteiger partial charge on any atom is 0.573 e. The van der Waals surface area contributed by atoms with E-state index < -0.39 is 18.2 Å². The predicted octanol–water partition coefficient (Wildman–Crippen LogP) is 8.12. The van der Waals surface area contributed by atoms with E-state index in [0.717, 1.165) is 40.8 Å². The fraction of sp³-hybridized carbons (Fsp3) is 0.250. The van der Waals surface area contributed by atoms with Crippen LogP contribution in [0.1, 0.15) is 35.6 Å². The molecule has 3 aromatic carbocycles. The average molecular weight is 639 g/mol. The van der Waals surface area contributed by atoms with Crippen molar-refractivity contribution in [3.8, 4) is 22.8 Å². The number of amidine groups is 1. The van der Waals surface area contributed by atoms with Crippen LogP contribution in [-0.4, -0.2) is 44.1 Å². The minimum atomic E-state index is -4.78. The number of hydrogen-bond acceptors (Lipinski definition) is 5. The highest BCUT2D eigenvalue weighted by atomic mass is 32.2. The lowest BCUT2D eigenvalue weighted by atomic mass is 10.0. The van der Waals surface area contributed by atoms with Crippen molar-refractivity contribution in [2.75, 3.05) is 10.7 Å². The molecule has 0 saturated carbocycles. The van der Waals surface area contributed by atoms with Gasteiger partial charge in [-0.15, -0.1) is 18.3 Å². The lowest BCUT2D eigenvalue weighted by molar-refractivity contribution is -0.274. The van der Waals surface area contributed by atoms with E-state index in [0.29, 0.717) is 22.2 Å². The van der Waals surface area contributed by atoms with Crippen LogP contribution in [0.15, 0.2) is 78.2 Å². The highest BCUT2D eigenvalue weighted by Crippen LogP contribution is 2.34. The fourth-order valence-corrected chi connectivity index (χ4v) is 6.29. The second-order valence-corrected chi connectivity index (χ2v) is 11.6. The first kappa shape index (κ1) is 31.8. The molecule has 1 fully saturated rings.